The van der Waals surface area contributed by atoms with E-state index < -0.39 is 0 Å². The fourth-order valence-electron chi connectivity index (χ4n) is 4.36. The minimum atomic E-state index is 0.267. The second kappa shape index (κ2) is 9.92. The molecule has 2 aliphatic rings. The largest absolute Gasteiger partial charge is 0.354 e. The molecular weight excluding hydrogens is 350 g/mol. The Morgan fingerprint density at radius 1 is 1.21 bits per heavy atom. The van der Waals surface area contributed by atoms with E-state index in [0.29, 0.717) is 5.91 Å². The Kier molecular flexibility index (Phi) is 7.31. The van der Waals surface area contributed by atoms with Crippen LogP contribution in [-0.2, 0) is 4.79 Å². The molecule has 2 fully saturated rings. The molecule has 6 heteroatoms. The van der Waals surface area contributed by atoms with Crippen molar-refractivity contribution in [1.29, 1.82) is 0 Å². The highest BCUT2D eigenvalue weighted by Crippen LogP contribution is 2.27. The van der Waals surface area contributed by atoms with Crippen LogP contribution < -0.4 is 10.6 Å². The number of rotatable bonds is 6. The maximum Gasteiger partial charge on any atom is 0.225 e. The summed E-state index contributed by atoms with van der Waals surface area (Å²) in [6.07, 6.45) is 5.53. The molecule has 2 N–H and O–H groups in total. The lowest BCUT2D eigenvalue weighted by Crippen LogP contribution is -2.47. The van der Waals surface area contributed by atoms with Crippen LogP contribution in [0.4, 0.5) is 0 Å². The van der Waals surface area contributed by atoms with Crippen LogP contribution in [0, 0.1) is 5.92 Å². The quantitative estimate of drug-likeness (QED) is 0.582. The van der Waals surface area contributed by atoms with Crippen molar-refractivity contribution in [2.75, 3.05) is 40.8 Å². The Bertz CT molecular complexity index is 654. The molecule has 0 bridgehead atoms. The number of nitrogens with one attached hydrogen (secondary N) is 2. The van der Waals surface area contributed by atoms with Crippen molar-refractivity contribution in [2.45, 2.75) is 44.2 Å². The van der Waals surface area contributed by atoms with E-state index in [9.17, 15) is 4.79 Å². The Labute approximate surface area is 169 Å². The third-order valence-corrected chi connectivity index (χ3v) is 6.04. The van der Waals surface area contributed by atoms with Crippen molar-refractivity contribution in [3.8, 4) is 0 Å². The summed E-state index contributed by atoms with van der Waals surface area (Å²) in [5, 5.41) is 6.98. The van der Waals surface area contributed by atoms with Gasteiger partial charge in [-0.2, -0.15) is 0 Å². The van der Waals surface area contributed by atoms with Gasteiger partial charge in [-0.25, -0.2) is 0 Å². The maximum absolute atomic E-state index is 12.6. The van der Waals surface area contributed by atoms with Gasteiger partial charge in [0, 0.05) is 38.6 Å². The number of guanidine groups is 1. The van der Waals surface area contributed by atoms with Crippen LogP contribution in [0.1, 0.15) is 43.7 Å². The fourth-order valence-corrected chi connectivity index (χ4v) is 4.36. The molecule has 1 aromatic rings. The van der Waals surface area contributed by atoms with Crippen LogP contribution in [0.25, 0.3) is 0 Å². The summed E-state index contributed by atoms with van der Waals surface area (Å²) in [5.74, 6) is 1.44. The molecule has 1 saturated carbocycles. The number of hydrogen-bond donors (Lipinski definition) is 2. The summed E-state index contributed by atoms with van der Waals surface area (Å²) in [5.41, 5.74) is 1.28. The van der Waals surface area contributed by atoms with Crippen molar-refractivity contribution in [3.63, 3.8) is 0 Å². The van der Waals surface area contributed by atoms with E-state index in [2.05, 4.69) is 58.9 Å². The van der Waals surface area contributed by atoms with Crippen LogP contribution in [0.2, 0.25) is 0 Å². The number of carbonyl (C=O) groups excluding carboxylic acids is 1. The third kappa shape index (κ3) is 5.25. The molecule has 154 valence electrons. The molecule has 2 atom stereocenters. The number of benzene rings is 1. The number of aliphatic imine (C=N–C) groups is 1. The van der Waals surface area contributed by atoms with Gasteiger partial charge in [0.1, 0.15) is 0 Å². The second-order valence-electron chi connectivity index (χ2n) is 8.24. The van der Waals surface area contributed by atoms with E-state index in [1.54, 1.807) is 7.05 Å². The number of amides is 1. The predicted octanol–water partition coefficient (Wildman–Crippen LogP) is 2.25. The first-order valence-corrected chi connectivity index (χ1v) is 10.6. The van der Waals surface area contributed by atoms with Crippen LogP contribution in [-0.4, -0.2) is 68.5 Å². The summed E-state index contributed by atoms with van der Waals surface area (Å²) in [7, 11) is 6.00. The number of carbonyl (C=O) groups is 1. The Hall–Kier alpha value is -2.08. The number of nitrogens with zero attached hydrogens (tertiary/aromatic N) is 3. The van der Waals surface area contributed by atoms with Gasteiger partial charge in [-0.05, 0) is 38.9 Å². The summed E-state index contributed by atoms with van der Waals surface area (Å²) >= 11 is 0. The van der Waals surface area contributed by atoms with Gasteiger partial charge in [-0.1, -0.05) is 43.2 Å². The van der Waals surface area contributed by atoms with Crippen LogP contribution in [0.15, 0.2) is 35.3 Å². The topological polar surface area (TPSA) is 60.0 Å². The lowest BCUT2D eigenvalue weighted by atomic mass is 10.1. The molecule has 0 aromatic heterocycles. The highest BCUT2D eigenvalue weighted by molar-refractivity contribution is 5.81. The van der Waals surface area contributed by atoms with Gasteiger partial charge in [0.05, 0.1) is 6.04 Å². The number of likely N-dealkylation sites (N-methyl/N-ethyl adjacent to an activating group) is 1. The zero-order valence-electron chi connectivity index (χ0n) is 17.5. The van der Waals surface area contributed by atoms with Crippen molar-refractivity contribution in [3.05, 3.63) is 35.9 Å². The van der Waals surface area contributed by atoms with Crippen molar-refractivity contribution < 1.29 is 4.79 Å². The van der Waals surface area contributed by atoms with Gasteiger partial charge in [-0.3, -0.25) is 9.79 Å². The van der Waals surface area contributed by atoms with Crippen LogP contribution in [0.3, 0.4) is 0 Å². The third-order valence-electron chi connectivity index (χ3n) is 6.04. The summed E-state index contributed by atoms with van der Waals surface area (Å²) in [6.45, 7) is 2.41. The van der Waals surface area contributed by atoms with Gasteiger partial charge >= 0.3 is 0 Å². The molecule has 1 saturated heterocycles. The molecule has 1 heterocycles. The molecule has 2 unspecified atom stereocenters. The monoisotopic (exact) mass is 385 g/mol. The first-order valence-electron chi connectivity index (χ1n) is 10.6. The minimum Gasteiger partial charge on any atom is -0.354 e. The average Bonchev–Trinajstić information content (AvgIpc) is 3.39. The molecule has 1 aliphatic heterocycles. The number of hydrogen-bond acceptors (Lipinski definition) is 3. The molecule has 0 spiro atoms. The lowest BCUT2D eigenvalue weighted by molar-refractivity contribution is -0.134. The minimum absolute atomic E-state index is 0.267. The first-order chi connectivity index (χ1) is 13.6. The first kappa shape index (κ1) is 20.6. The van der Waals surface area contributed by atoms with Crippen molar-refractivity contribution in [1.82, 2.24) is 20.4 Å². The van der Waals surface area contributed by atoms with E-state index in [1.807, 2.05) is 11.0 Å². The predicted molar refractivity (Wildman–Crippen MR) is 114 cm³/mol. The Balaban J connectivity index is 1.50. The molecular formula is C22H35N5O. The zero-order valence-corrected chi connectivity index (χ0v) is 17.5. The molecule has 28 heavy (non-hydrogen) atoms. The highest BCUT2D eigenvalue weighted by Gasteiger charge is 2.32. The SMILES string of the molecule is CN=C(NCC(c1ccccc1)N(C)C)NC1CCN(C(=O)C2CCCC2)C1. The Morgan fingerprint density at radius 2 is 1.93 bits per heavy atom. The second-order valence-corrected chi connectivity index (χ2v) is 8.24. The standard InChI is InChI=1S/C22H35N5O/c1-23-22(24-15-20(26(2)3)17-9-5-4-6-10-17)25-19-13-14-27(16-19)21(28)18-11-7-8-12-18/h4-6,9-10,18-20H,7-8,11-16H2,1-3H3,(H2,23,24,25). The zero-order chi connectivity index (χ0) is 19.9. The normalized spacial score (nSPS) is 21.9. The lowest BCUT2D eigenvalue weighted by Gasteiger charge is -2.27. The Morgan fingerprint density at radius 3 is 2.57 bits per heavy atom. The molecule has 6 nitrogen and oxygen atoms in total. The van der Waals surface area contributed by atoms with Gasteiger partial charge in [0.2, 0.25) is 5.91 Å². The molecule has 1 aliphatic carbocycles. The smallest absolute Gasteiger partial charge is 0.225 e. The molecule has 1 aromatic carbocycles. The van der Waals surface area contributed by atoms with E-state index in [-0.39, 0.29) is 18.0 Å². The summed E-state index contributed by atoms with van der Waals surface area (Å²) in [4.78, 5) is 21.3. The summed E-state index contributed by atoms with van der Waals surface area (Å²) < 4.78 is 0. The molecule has 1 amide bonds. The van der Waals surface area contributed by atoms with Gasteiger partial charge in [0.25, 0.3) is 0 Å². The molecule has 3 rings (SSSR count). The van der Waals surface area contributed by atoms with Crippen molar-refractivity contribution >= 4 is 11.9 Å². The van der Waals surface area contributed by atoms with Gasteiger partial charge in [0.15, 0.2) is 5.96 Å². The maximum atomic E-state index is 12.6. The van der Waals surface area contributed by atoms with E-state index in [4.69, 9.17) is 0 Å². The van der Waals surface area contributed by atoms with Crippen LogP contribution >= 0.6 is 0 Å². The van der Waals surface area contributed by atoms with E-state index in [0.717, 1.165) is 44.9 Å². The van der Waals surface area contributed by atoms with Crippen molar-refractivity contribution in [2.24, 2.45) is 10.9 Å². The fraction of sp³-hybridized carbons (Fsp3) is 0.636. The van der Waals surface area contributed by atoms with E-state index >= 15 is 0 Å². The van der Waals surface area contributed by atoms with Gasteiger partial charge < -0.3 is 20.4 Å². The van der Waals surface area contributed by atoms with Crippen LogP contribution in [0.5, 0.6) is 0 Å². The van der Waals surface area contributed by atoms with Gasteiger partial charge in [-0.15, -0.1) is 0 Å². The summed E-state index contributed by atoms with van der Waals surface area (Å²) in [6, 6.07) is 11.1. The highest BCUT2D eigenvalue weighted by atomic mass is 16.2. The average molecular weight is 386 g/mol. The molecule has 0 radical (unpaired) electrons. The number of likely N-dealkylation sites (tertiary alicyclic amines) is 1. The van der Waals surface area contributed by atoms with E-state index in [1.165, 1.54) is 18.4 Å².